The van der Waals surface area contributed by atoms with Crippen molar-refractivity contribution in [3.63, 3.8) is 0 Å². The number of methoxy groups -OCH3 is 1. The summed E-state index contributed by atoms with van der Waals surface area (Å²) in [5.74, 6) is 0.840. The van der Waals surface area contributed by atoms with Crippen molar-refractivity contribution in [2.45, 2.75) is 13.8 Å². The molecule has 0 saturated carbocycles. The molecule has 168 valence electrons. The average molecular weight is 443 g/mol. The van der Waals surface area contributed by atoms with E-state index in [2.05, 4.69) is 18.7 Å². The van der Waals surface area contributed by atoms with Gasteiger partial charge in [-0.1, -0.05) is 12.1 Å². The molecule has 0 aliphatic carbocycles. The summed E-state index contributed by atoms with van der Waals surface area (Å²) in [4.78, 5) is 27.4. The fraction of sp³-hybridized carbons (Fsp3) is 0.185. The molecule has 0 radical (unpaired) electrons. The third kappa shape index (κ3) is 4.75. The molecule has 1 aliphatic rings. The number of benzene rings is 3. The Morgan fingerprint density at radius 3 is 2.24 bits per heavy atom. The number of fused-ring (bicyclic) bond motifs is 1. The standard InChI is InChI=1S/C27H25NO5/c1-4-28(5-2)20-10-6-18(7-11-20)16-25-26(29)23-15-14-22(17-24(23)33-25)32-27(30)19-8-12-21(31-3)13-9-19/h6-17H,4-5H2,1-3H3/b25-16-. The smallest absolute Gasteiger partial charge is 0.343 e. The van der Waals surface area contributed by atoms with Crippen LogP contribution in [0.2, 0.25) is 0 Å². The number of anilines is 1. The summed E-state index contributed by atoms with van der Waals surface area (Å²) < 4.78 is 16.3. The Hall–Kier alpha value is -4.06. The average Bonchev–Trinajstić information content (AvgIpc) is 3.15. The molecule has 0 aromatic heterocycles. The molecule has 33 heavy (non-hydrogen) atoms. The second kappa shape index (κ2) is 9.61. The Bertz CT molecular complexity index is 1190. The minimum atomic E-state index is -0.508. The van der Waals surface area contributed by atoms with Crippen LogP contribution in [-0.2, 0) is 0 Å². The van der Waals surface area contributed by atoms with Gasteiger partial charge >= 0.3 is 5.97 Å². The molecule has 4 rings (SSSR count). The van der Waals surface area contributed by atoms with Crippen LogP contribution in [0.5, 0.6) is 17.2 Å². The fourth-order valence-electron chi connectivity index (χ4n) is 3.65. The Balaban J connectivity index is 1.48. The van der Waals surface area contributed by atoms with Gasteiger partial charge in [0.1, 0.15) is 17.2 Å². The Kier molecular flexibility index (Phi) is 6.45. The van der Waals surface area contributed by atoms with Crippen molar-refractivity contribution in [1.29, 1.82) is 0 Å². The zero-order valence-electron chi connectivity index (χ0n) is 18.8. The van der Waals surface area contributed by atoms with Gasteiger partial charge in [-0.05, 0) is 74.0 Å². The number of Topliss-reactive ketones (excluding diaryl/α,β-unsaturated/α-hetero) is 1. The molecule has 1 heterocycles. The van der Waals surface area contributed by atoms with E-state index in [0.29, 0.717) is 28.4 Å². The summed E-state index contributed by atoms with van der Waals surface area (Å²) in [6.07, 6.45) is 1.72. The molecule has 6 nitrogen and oxygen atoms in total. The van der Waals surface area contributed by atoms with E-state index >= 15 is 0 Å². The predicted molar refractivity (Wildman–Crippen MR) is 127 cm³/mol. The molecule has 0 fully saturated rings. The molecule has 0 bridgehead atoms. The first-order valence-electron chi connectivity index (χ1n) is 10.8. The fourth-order valence-corrected chi connectivity index (χ4v) is 3.65. The lowest BCUT2D eigenvalue weighted by Crippen LogP contribution is -2.21. The van der Waals surface area contributed by atoms with E-state index in [1.54, 1.807) is 55.7 Å². The molecule has 0 atom stereocenters. The second-order valence-electron chi connectivity index (χ2n) is 7.48. The molecule has 3 aromatic rings. The monoisotopic (exact) mass is 443 g/mol. The zero-order chi connectivity index (χ0) is 23.4. The van der Waals surface area contributed by atoms with Crippen molar-refractivity contribution in [2.24, 2.45) is 0 Å². The number of esters is 1. The second-order valence-corrected chi connectivity index (χ2v) is 7.48. The SMILES string of the molecule is CCN(CC)c1ccc(/C=C2\Oc3cc(OC(=O)c4ccc(OC)cc4)ccc3C2=O)cc1. The summed E-state index contributed by atoms with van der Waals surface area (Å²) in [7, 11) is 1.56. The van der Waals surface area contributed by atoms with E-state index < -0.39 is 5.97 Å². The van der Waals surface area contributed by atoms with E-state index in [9.17, 15) is 9.59 Å². The van der Waals surface area contributed by atoms with Crippen molar-refractivity contribution in [3.05, 3.63) is 89.2 Å². The van der Waals surface area contributed by atoms with E-state index in [1.165, 1.54) is 0 Å². The summed E-state index contributed by atoms with van der Waals surface area (Å²) in [6.45, 7) is 6.09. The number of carbonyl (C=O) groups excluding carboxylic acids is 2. The first kappa shape index (κ1) is 22.1. The Morgan fingerprint density at radius 1 is 0.939 bits per heavy atom. The molecular weight excluding hydrogens is 418 g/mol. The van der Waals surface area contributed by atoms with E-state index in [4.69, 9.17) is 14.2 Å². The molecule has 0 saturated heterocycles. The minimum Gasteiger partial charge on any atom is -0.497 e. The van der Waals surface area contributed by atoms with Crippen LogP contribution in [-0.4, -0.2) is 32.0 Å². The number of carbonyl (C=O) groups is 2. The number of rotatable bonds is 7. The highest BCUT2D eigenvalue weighted by Gasteiger charge is 2.28. The molecule has 6 heteroatoms. The first-order chi connectivity index (χ1) is 16.0. The van der Waals surface area contributed by atoms with E-state index in [1.807, 2.05) is 24.3 Å². The minimum absolute atomic E-state index is 0.203. The van der Waals surface area contributed by atoms with Gasteiger partial charge in [0.25, 0.3) is 0 Å². The Labute approximate surface area is 193 Å². The number of hydrogen-bond acceptors (Lipinski definition) is 6. The van der Waals surface area contributed by atoms with Gasteiger partial charge in [-0.2, -0.15) is 0 Å². The third-order valence-corrected chi connectivity index (χ3v) is 5.50. The highest BCUT2D eigenvalue weighted by atomic mass is 16.5. The number of ketones is 1. The van der Waals surface area contributed by atoms with Crippen molar-refractivity contribution in [1.82, 2.24) is 0 Å². The van der Waals surface area contributed by atoms with Crippen molar-refractivity contribution in [2.75, 3.05) is 25.1 Å². The zero-order valence-corrected chi connectivity index (χ0v) is 18.8. The van der Waals surface area contributed by atoms with Gasteiger partial charge in [-0.3, -0.25) is 4.79 Å². The first-order valence-corrected chi connectivity index (χ1v) is 10.8. The maximum atomic E-state index is 12.8. The van der Waals surface area contributed by atoms with Crippen molar-refractivity contribution in [3.8, 4) is 17.2 Å². The van der Waals surface area contributed by atoms with Gasteiger partial charge in [-0.15, -0.1) is 0 Å². The molecule has 0 N–H and O–H groups in total. The van der Waals surface area contributed by atoms with Crippen LogP contribution in [0, 0.1) is 0 Å². The molecule has 1 aliphatic heterocycles. The maximum absolute atomic E-state index is 12.8. The predicted octanol–water partition coefficient (Wildman–Crippen LogP) is 5.38. The van der Waals surface area contributed by atoms with E-state index in [-0.39, 0.29) is 11.5 Å². The lowest BCUT2D eigenvalue weighted by molar-refractivity contribution is 0.0734. The third-order valence-electron chi connectivity index (χ3n) is 5.50. The van der Waals surface area contributed by atoms with Gasteiger partial charge in [0.05, 0.1) is 18.2 Å². The van der Waals surface area contributed by atoms with Gasteiger partial charge in [0.15, 0.2) is 5.76 Å². The molecule has 0 unspecified atom stereocenters. The molecule has 3 aromatic carbocycles. The van der Waals surface area contributed by atoms with Crippen LogP contribution in [0.15, 0.2) is 72.5 Å². The van der Waals surface area contributed by atoms with Gasteiger partial charge in [0.2, 0.25) is 5.78 Å². The van der Waals surface area contributed by atoms with E-state index in [0.717, 1.165) is 24.3 Å². The summed E-state index contributed by atoms with van der Waals surface area (Å²) >= 11 is 0. The summed E-state index contributed by atoms with van der Waals surface area (Å²) in [5.41, 5.74) is 2.83. The van der Waals surface area contributed by atoms with Crippen molar-refractivity contribution >= 4 is 23.5 Å². The normalized spacial score (nSPS) is 13.4. The molecular formula is C27H25NO5. The quantitative estimate of drug-likeness (QED) is 0.278. The lowest BCUT2D eigenvalue weighted by Gasteiger charge is -2.20. The largest absolute Gasteiger partial charge is 0.497 e. The van der Waals surface area contributed by atoms with Crippen LogP contribution in [0.3, 0.4) is 0 Å². The maximum Gasteiger partial charge on any atom is 0.343 e. The number of nitrogens with zero attached hydrogens (tertiary/aromatic N) is 1. The summed E-state index contributed by atoms with van der Waals surface area (Å²) in [5, 5.41) is 0. The van der Waals surface area contributed by atoms with Crippen LogP contribution >= 0.6 is 0 Å². The number of allylic oxidation sites excluding steroid dienone is 1. The molecule has 0 spiro atoms. The lowest BCUT2D eigenvalue weighted by atomic mass is 10.1. The van der Waals surface area contributed by atoms with Crippen LogP contribution < -0.4 is 19.1 Å². The van der Waals surface area contributed by atoms with Crippen LogP contribution in [0.4, 0.5) is 5.69 Å². The summed E-state index contributed by atoms with van der Waals surface area (Å²) in [6, 6.07) is 19.4. The van der Waals surface area contributed by atoms with Gasteiger partial charge < -0.3 is 19.1 Å². The number of ether oxygens (including phenoxy) is 3. The van der Waals surface area contributed by atoms with Gasteiger partial charge in [0, 0.05) is 24.8 Å². The number of hydrogen-bond donors (Lipinski definition) is 0. The molecule has 0 amide bonds. The Morgan fingerprint density at radius 2 is 1.61 bits per heavy atom. The van der Waals surface area contributed by atoms with Crippen LogP contribution in [0.1, 0.15) is 40.1 Å². The topological polar surface area (TPSA) is 65.1 Å². The van der Waals surface area contributed by atoms with Crippen LogP contribution in [0.25, 0.3) is 6.08 Å². The highest BCUT2D eigenvalue weighted by molar-refractivity contribution is 6.14. The van der Waals surface area contributed by atoms with Gasteiger partial charge in [-0.25, -0.2) is 4.79 Å². The van der Waals surface area contributed by atoms with Crippen molar-refractivity contribution < 1.29 is 23.8 Å². The highest BCUT2D eigenvalue weighted by Crippen LogP contribution is 2.35.